The Morgan fingerprint density at radius 1 is 1.41 bits per heavy atom. The summed E-state index contributed by atoms with van der Waals surface area (Å²) < 4.78 is 9.71. The maximum absolute atomic E-state index is 11.2. The van der Waals surface area contributed by atoms with E-state index >= 15 is 0 Å². The van der Waals surface area contributed by atoms with E-state index in [0.717, 1.165) is 5.56 Å². The molecule has 0 aliphatic heterocycles. The smallest absolute Gasteiger partial charge is 0.360 e. The first kappa shape index (κ1) is 11.7. The molecule has 0 N–H and O–H groups in total. The number of aromatic nitrogens is 1. The third kappa shape index (κ3) is 2.85. The van der Waals surface area contributed by atoms with Crippen molar-refractivity contribution in [3.63, 3.8) is 0 Å². The Morgan fingerprint density at radius 2 is 2.12 bits per heavy atom. The van der Waals surface area contributed by atoms with Crippen LogP contribution in [0.3, 0.4) is 0 Å². The zero-order chi connectivity index (χ0) is 12.3. The van der Waals surface area contributed by atoms with Crippen molar-refractivity contribution in [1.29, 1.82) is 0 Å². The second-order valence-electron chi connectivity index (χ2n) is 3.42. The average Bonchev–Trinajstić information content (AvgIpc) is 2.80. The minimum atomic E-state index is -0.504. The number of oxazole rings is 1. The van der Waals surface area contributed by atoms with Crippen molar-refractivity contribution in [3.05, 3.63) is 52.7 Å². The van der Waals surface area contributed by atoms with Gasteiger partial charge in [-0.05, 0) is 17.7 Å². The summed E-state index contributed by atoms with van der Waals surface area (Å²) in [5.74, 6) is -0.0381. The molecule has 0 bridgehead atoms. The molecule has 1 heterocycles. The Balaban J connectivity index is 2.11. The van der Waals surface area contributed by atoms with Gasteiger partial charge >= 0.3 is 5.97 Å². The lowest BCUT2D eigenvalue weighted by atomic mass is 10.1. The number of hydrogen-bond donors (Lipinski definition) is 0. The van der Waals surface area contributed by atoms with Crippen LogP contribution in [0.2, 0.25) is 5.02 Å². The van der Waals surface area contributed by atoms with Gasteiger partial charge in [-0.2, -0.15) is 0 Å². The molecule has 0 saturated heterocycles. The maximum atomic E-state index is 11.2. The molecule has 1 aromatic heterocycles. The van der Waals surface area contributed by atoms with Crippen LogP contribution in [0.25, 0.3) is 0 Å². The molecule has 4 nitrogen and oxygen atoms in total. The van der Waals surface area contributed by atoms with Crippen molar-refractivity contribution in [1.82, 2.24) is 4.98 Å². The highest BCUT2D eigenvalue weighted by atomic mass is 35.5. The second-order valence-corrected chi connectivity index (χ2v) is 3.86. The Hall–Kier alpha value is -1.81. The molecule has 0 spiro atoms. The van der Waals surface area contributed by atoms with E-state index in [2.05, 4.69) is 9.72 Å². The van der Waals surface area contributed by atoms with E-state index in [9.17, 15) is 4.79 Å². The van der Waals surface area contributed by atoms with Gasteiger partial charge in [0.2, 0.25) is 0 Å². The molecule has 17 heavy (non-hydrogen) atoms. The van der Waals surface area contributed by atoms with Gasteiger partial charge in [-0.25, -0.2) is 9.78 Å². The molecule has 0 aliphatic carbocycles. The average molecular weight is 252 g/mol. The number of ether oxygens (including phenoxy) is 1. The number of benzene rings is 1. The van der Waals surface area contributed by atoms with E-state index in [-0.39, 0.29) is 5.69 Å². The van der Waals surface area contributed by atoms with E-state index in [1.54, 1.807) is 12.1 Å². The van der Waals surface area contributed by atoms with Crippen LogP contribution >= 0.6 is 11.6 Å². The summed E-state index contributed by atoms with van der Waals surface area (Å²) in [5, 5.41) is 0.677. The molecule has 1 aromatic carbocycles. The van der Waals surface area contributed by atoms with Crippen molar-refractivity contribution in [3.8, 4) is 0 Å². The fraction of sp³-hybridized carbons (Fsp3) is 0.167. The standard InChI is InChI=1S/C12H10ClNO3/c1-16-12(15)10-7-17-11(14-10)6-8-2-4-9(13)5-3-8/h2-5,7H,6H2,1H3. The molecular weight excluding hydrogens is 242 g/mol. The largest absolute Gasteiger partial charge is 0.464 e. The molecule has 0 amide bonds. The third-order valence-corrected chi connectivity index (χ3v) is 2.47. The Labute approximate surface area is 103 Å². The number of hydrogen-bond acceptors (Lipinski definition) is 4. The van der Waals surface area contributed by atoms with Gasteiger partial charge in [-0.3, -0.25) is 0 Å². The monoisotopic (exact) mass is 251 g/mol. The molecule has 5 heteroatoms. The molecule has 0 unspecified atom stereocenters. The number of nitrogens with zero attached hydrogens (tertiary/aromatic N) is 1. The van der Waals surface area contributed by atoms with E-state index < -0.39 is 5.97 Å². The normalized spacial score (nSPS) is 10.2. The quantitative estimate of drug-likeness (QED) is 0.787. The topological polar surface area (TPSA) is 52.3 Å². The van der Waals surface area contributed by atoms with Crippen LogP contribution in [-0.4, -0.2) is 18.1 Å². The summed E-state index contributed by atoms with van der Waals surface area (Å²) in [7, 11) is 1.30. The molecular formula is C12H10ClNO3. The van der Waals surface area contributed by atoms with Gasteiger partial charge in [0.1, 0.15) is 6.26 Å². The van der Waals surface area contributed by atoms with Crippen LogP contribution < -0.4 is 0 Å². The van der Waals surface area contributed by atoms with Gasteiger partial charge < -0.3 is 9.15 Å². The van der Waals surface area contributed by atoms with E-state index in [1.165, 1.54) is 13.4 Å². The predicted molar refractivity (Wildman–Crippen MR) is 62.1 cm³/mol. The highest BCUT2D eigenvalue weighted by Crippen LogP contribution is 2.13. The number of carbonyl (C=O) groups is 1. The first-order chi connectivity index (χ1) is 8.19. The lowest BCUT2D eigenvalue weighted by Gasteiger charge is -1.96. The highest BCUT2D eigenvalue weighted by molar-refractivity contribution is 6.30. The lowest BCUT2D eigenvalue weighted by Crippen LogP contribution is -2.01. The number of halogens is 1. The Bertz CT molecular complexity index is 519. The fourth-order valence-corrected chi connectivity index (χ4v) is 1.49. The van der Waals surface area contributed by atoms with Gasteiger partial charge in [0.15, 0.2) is 11.6 Å². The van der Waals surface area contributed by atoms with Gasteiger partial charge in [-0.15, -0.1) is 0 Å². The summed E-state index contributed by atoms with van der Waals surface area (Å²) in [5.41, 5.74) is 1.18. The number of carbonyl (C=O) groups excluding carboxylic acids is 1. The molecule has 2 aromatic rings. The van der Waals surface area contributed by atoms with Crippen LogP contribution in [0.5, 0.6) is 0 Å². The van der Waals surface area contributed by atoms with Crippen LogP contribution in [0, 0.1) is 0 Å². The first-order valence-electron chi connectivity index (χ1n) is 4.96. The molecule has 2 rings (SSSR count). The van der Waals surface area contributed by atoms with Gasteiger partial charge in [-0.1, -0.05) is 23.7 Å². The third-order valence-electron chi connectivity index (χ3n) is 2.21. The lowest BCUT2D eigenvalue weighted by molar-refractivity contribution is 0.0594. The first-order valence-corrected chi connectivity index (χ1v) is 5.34. The summed E-state index contributed by atoms with van der Waals surface area (Å²) in [6, 6.07) is 7.34. The maximum Gasteiger partial charge on any atom is 0.360 e. The minimum Gasteiger partial charge on any atom is -0.464 e. The van der Waals surface area contributed by atoms with Crippen molar-refractivity contribution in [2.24, 2.45) is 0 Å². The number of esters is 1. The van der Waals surface area contributed by atoms with Crippen LogP contribution in [0.15, 0.2) is 34.9 Å². The fourth-order valence-electron chi connectivity index (χ4n) is 1.37. The Kier molecular flexibility index (Phi) is 3.44. The number of rotatable bonds is 3. The van der Waals surface area contributed by atoms with Crippen molar-refractivity contribution in [2.45, 2.75) is 6.42 Å². The summed E-state index contributed by atoms with van der Waals surface area (Å²) in [6.07, 6.45) is 1.80. The molecule has 0 aliphatic rings. The molecule has 0 radical (unpaired) electrons. The van der Waals surface area contributed by atoms with Gasteiger partial charge in [0.25, 0.3) is 0 Å². The SMILES string of the molecule is COC(=O)c1coc(Cc2ccc(Cl)cc2)n1. The molecule has 0 fully saturated rings. The van der Waals surface area contributed by atoms with Crippen molar-refractivity contribution >= 4 is 17.6 Å². The van der Waals surface area contributed by atoms with E-state index in [1.807, 2.05) is 12.1 Å². The summed E-state index contributed by atoms with van der Waals surface area (Å²) >= 11 is 5.78. The molecule has 88 valence electrons. The Morgan fingerprint density at radius 3 is 2.76 bits per heavy atom. The molecule has 0 atom stereocenters. The second kappa shape index (κ2) is 5.01. The van der Waals surface area contributed by atoms with Gasteiger partial charge in [0.05, 0.1) is 7.11 Å². The van der Waals surface area contributed by atoms with Crippen molar-refractivity contribution < 1.29 is 13.9 Å². The molecule has 0 saturated carbocycles. The van der Waals surface area contributed by atoms with Crippen LogP contribution in [0.1, 0.15) is 21.9 Å². The van der Waals surface area contributed by atoms with Crippen LogP contribution in [0.4, 0.5) is 0 Å². The predicted octanol–water partition coefficient (Wildman–Crippen LogP) is 2.71. The summed E-state index contributed by atoms with van der Waals surface area (Å²) in [4.78, 5) is 15.2. The summed E-state index contributed by atoms with van der Waals surface area (Å²) in [6.45, 7) is 0. The number of methoxy groups -OCH3 is 1. The zero-order valence-electron chi connectivity index (χ0n) is 9.14. The van der Waals surface area contributed by atoms with Crippen LogP contribution in [-0.2, 0) is 11.2 Å². The zero-order valence-corrected chi connectivity index (χ0v) is 9.90. The highest BCUT2D eigenvalue weighted by Gasteiger charge is 2.12. The minimum absolute atomic E-state index is 0.177. The van der Waals surface area contributed by atoms with Crippen molar-refractivity contribution in [2.75, 3.05) is 7.11 Å². The van der Waals surface area contributed by atoms with E-state index in [0.29, 0.717) is 17.3 Å². The van der Waals surface area contributed by atoms with Gasteiger partial charge in [0, 0.05) is 11.4 Å². The van der Waals surface area contributed by atoms with E-state index in [4.69, 9.17) is 16.0 Å².